The molecular formula is C14H14N2O2S. The van der Waals surface area contributed by atoms with Crippen molar-refractivity contribution in [1.82, 2.24) is 4.98 Å². The number of nitrogens with one attached hydrogen (secondary N) is 1. The quantitative estimate of drug-likeness (QED) is 0.823. The molecule has 1 heterocycles. The molecule has 2 rings (SSSR count). The molecule has 1 N–H and O–H groups in total. The number of hydrogen-bond acceptors (Lipinski definition) is 4. The Morgan fingerprint density at radius 2 is 1.95 bits per heavy atom. The number of ketones is 1. The van der Waals surface area contributed by atoms with Crippen molar-refractivity contribution in [2.75, 3.05) is 11.1 Å². The molecule has 0 aliphatic heterocycles. The first-order valence-corrected chi connectivity index (χ1v) is 6.60. The minimum absolute atomic E-state index is 0.0328. The number of nitrogens with zero attached hydrogens (tertiary/aromatic N) is 1. The lowest BCUT2D eigenvalue weighted by Gasteiger charge is -2.07. The van der Waals surface area contributed by atoms with E-state index in [1.165, 1.54) is 0 Å². The van der Waals surface area contributed by atoms with E-state index >= 15 is 0 Å². The number of aromatic nitrogens is 1. The molecule has 0 unspecified atom stereocenters. The van der Waals surface area contributed by atoms with Crippen LogP contribution >= 0.6 is 12.6 Å². The van der Waals surface area contributed by atoms with Crippen molar-refractivity contribution in [3.8, 4) is 0 Å². The van der Waals surface area contributed by atoms with Gasteiger partial charge in [-0.3, -0.25) is 14.6 Å². The molecule has 4 nitrogen and oxygen atoms in total. The Balaban J connectivity index is 2.09. The number of para-hydroxylation sites is 1. The van der Waals surface area contributed by atoms with Gasteiger partial charge in [0.05, 0.1) is 11.2 Å². The number of carbonyl (C=O) groups excluding carboxylic acids is 2. The van der Waals surface area contributed by atoms with Gasteiger partial charge in [0.25, 0.3) is 0 Å². The van der Waals surface area contributed by atoms with Gasteiger partial charge >= 0.3 is 0 Å². The van der Waals surface area contributed by atoms with Crippen molar-refractivity contribution >= 4 is 40.9 Å². The van der Waals surface area contributed by atoms with Crippen LogP contribution in [0.15, 0.2) is 36.5 Å². The fraction of sp³-hybridized carbons (Fsp3) is 0.214. The number of pyridine rings is 1. The van der Waals surface area contributed by atoms with Gasteiger partial charge in [0, 0.05) is 30.2 Å². The van der Waals surface area contributed by atoms with E-state index < -0.39 is 0 Å². The fourth-order valence-electron chi connectivity index (χ4n) is 1.75. The van der Waals surface area contributed by atoms with Gasteiger partial charge in [-0.2, -0.15) is 12.6 Å². The van der Waals surface area contributed by atoms with Crippen LogP contribution in [0.25, 0.3) is 10.9 Å². The number of carbonyl (C=O) groups is 2. The molecule has 0 bridgehead atoms. The van der Waals surface area contributed by atoms with Crippen LogP contribution < -0.4 is 5.32 Å². The van der Waals surface area contributed by atoms with Crippen molar-refractivity contribution in [2.45, 2.75) is 12.8 Å². The van der Waals surface area contributed by atoms with Crippen LogP contribution in [0, 0.1) is 0 Å². The minimum Gasteiger partial charge on any atom is -0.324 e. The Hall–Kier alpha value is -1.88. The van der Waals surface area contributed by atoms with Crippen LogP contribution in [-0.2, 0) is 9.59 Å². The molecule has 0 atom stereocenters. The third kappa shape index (κ3) is 3.54. The maximum Gasteiger partial charge on any atom is 0.224 e. The van der Waals surface area contributed by atoms with Crippen LogP contribution in [-0.4, -0.2) is 22.4 Å². The molecule has 0 saturated carbocycles. The second-order valence-electron chi connectivity index (χ2n) is 4.13. The molecule has 5 heteroatoms. The van der Waals surface area contributed by atoms with Crippen LogP contribution in [0.1, 0.15) is 12.8 Å². The molecule has 0 aliphatic rings. The van der Waals surface area contributed by atoms with Crippen LogP contribution in [0.3, 0.4) is 0 Å². The Morgan fingerprint density at radius 1 is 1.16 bits per heavy atom. The molecule has 1 aromatic heterocycles. The number of thiol groups is 1. The Kier molecular flexibility index (Phi) is 4.52. The summed E-state index contributed by atoms with van der Waals surface area (Å²) in [6.45, 7) is 0. The molecule has 0 radical (unpaired) electrons. The maximum absolute atomic E-state index is 11.8. The standard InChI is InChI=1S/C14H14N2O2S/c17-11(9-19)6-7-13(18)16-12-5-1-3-10-4-2-8-15-14(10)12/h1-5,8,19H,6-7,9H2,(H,16,18). The highest BCUT2D eigenvalue weighted by Crippen LogP contribution is 2.20. The first-order chi connectivity index (χ1) is 9.20. The second kappa shape index (κ2) is 6.33. The van der Waals surface area contributed by atoms with Crippen LogP contribution in [0.4, 0.5) is 5.69 Å². The van der Waals surface area contributed by atoms with E-state index in [1.807, 2.05) is 24.3 Å². The number of anilines is 1. The number of fused-ring (bicyclic) bond motifs is 1. The molecule has 0 aliphatic carbocycles. The van der Waals surface area contributed by atoms with Gasteiger partial charge in [0.1, 0.15) is 5.78 Å². The predicted molar refractivity (Wildman–Crippen MR) is 78.5 cm³/mol. The van der Waals surface area contributed by atoms with Crippen molar-refractivity contribution in [2.24, 2.45) is 0 Å². The summed E-state index contributed by atoms with van der Waals surface area (Å²) in [5.41, 5.74) is 1.42. The van der Waals surface area contributed by atoms with Crippen molar-refractivity contribution in [3.05, 3.63) is 36.5 Å². The van der Waals surface area contributed by atoms with E-state index in [4.69, 9.17) is 0 Å². The summed E-state index contributed by atoms with van der Waals surface area (Å²) >= 11 is 3.87. The summed E-state index contributed by atoms with van der Waals surface area (Å²) < 4.78 is 0. The minimum atomic E-state index is -0.187. The molecule has 0 fully saturated rings. The number of rotatable bonds is 5. The lowest BCUT2D eigenvalue weighted by molar-refractivity contribution is -0.121. The molecule has 2 aromatic rings. The highest BCUT2D eigenvalue weighted by atomic mass is 32.1. The number of hydrogen-bond donors (Lipinski definition) is 2. The lowest BCUT2D eigenvalue weighted by Crippen LogP contribution is -2.14. The topological polar surface area (TPSA) is 59.1 Å². The van der Waals surface area contributed by atoms with E-state index in [0.29, 0.717) is 5.69 Å². The van der Waals surface area contributed by atoms with Gasteiger partial charge in [0.2, 0.25) is 5.91 Å². The average Bonchev–Trinajstić information content (AvgIpc) is 2.45. The zero-order chi connectivity index (χ0) is 13.7. The van der Waals surface area contributed by atoms with Gasteiger partial charge in [-0.15, -0.1) is 0 Å². The van der Waals surface area contributed by atoms with Crippen LogP contribution in [0.2, 0.25) is 0 Å². The highest BCUT2D eigenvalue weighted by molar-refractivity contribution is 7.81. The lowest BCUT2D eigenvalue weighted by atomic mass is 10.2. The molecule has 1 aromatic carbocycles. The third-order valence-corrected chi connectivity index (χ3v) is 3.07. The summed E-state index contributed by atoms with van der Waals surface area (Å²) in [4.78, 5) is 27.1. The Bertz CT molecular complexity index is 608. The van der Waals surface area contributed by atoms with E-state index in [1.54, 1.807) is 12.3 Å². The van der Waals surface area contributed by atoms with Crippen molar-refractivity contribution < 1.29 is 9.59 Å². The molecular weight excluding hydrogens is 260 g/mol. The van der Waals surface area contributed by atoms with Gasteiger partial charge in [-0.1, -0.05) is 18.2 Å². The zero-order valence-electron chi connectivity index (χ0n) is 10.3. The number of benzene rings is 1. The highest BCUT2D eigenvalue weighted by Gasteiger charge is 2.08. The van der Waals surface area contributed by atoms with Gasteiger partial charge < -0.3 is 5.32 Å². The monoisotopic (exact) mass is 274 g/mol. The first kappa shape index (κ1) is 13.5. The Morgan fingerprint density at radius 3 is 2.74 bits per heavy atom. The molecule has 98 valence electrons. The van der Waals surface area contributed by atoms with Crippen molar-refractivity contribution in [1.29, 1.82) is 0 Å². The van der Waals surface area contributed by atoms with Gasteiger partial charge in [0.15, 0.2) is 0 Å². The van der Waals surface area contributed by atoms with Gasteiger partial charge in [-0.25, -0.2) is 0 Å². The zero-order valence-corrected chi connectivity index (χ0v) is 11.2. The van der Waals surface area contributed by atoms with Crippen molar-refractivity contribution in [3.63, 3.8) is 0 Å². The molecule has 0 saturated heterocycles. The summed E-state index contributed by atoms with van der Waals surface area (Å²) in [5, 5.41) is 3.75. The Labute approximate surface area is 116 Å². The number of Topliss-reactive ketones (excluding diaryl/α,β-unsaturated/α-hetero) is 1. The predicted octanol–water partition coefficient (Wildman–Crippen LogP) is 2.45. The largest absolute Gasteiger partial charge is 0.324 e. The summed E-state index contributed by atoms with van der Waals surface area (Å²) in [7, 11) is 0. The normalized spacial score (nSPS) is 10.4. The second-order valence-corrected chi connectivity index (χ2v) is 4.44. The summed E-state index contributed by atoms with van der Waals surface area (Å²) in [6, 6.07) is 9.37. The van der Waals surface area contributed by atoms with E-state index in [0.717, 1.165) is 10.9 Å². The van der Waals surface area contributed by atoms with E-state index in [-0.39, 0.29) is 30.3 Å². The number of amides is 1. The third-order valence-electron chi connectivity index (χ3n) is 2.71. The summed E-state index contributed by atoms with van der Waals surface area (Å²) in [5.74, 6) is -0.0499. The smallest absolute Gasteiger partial charge is 0.224 e. The molecule has 19 heavy (non-hydrogen) atoms. The van der Waals surface area contributed by atoms with E-state index in [2.05, 4.69) is 22.9 Å². The van der Waals surface area contributed by atoms with Gasteiger partial charge in [-0.05, 0) is 12.1 Å². The first-order valence-electron chi connectivity index (χ1n) is 5.97. The van der Waals surface area contributed by atoms with Crippen LogP contribution in [0.5, 0.6) is 0 Å². The molecule has 0 spiro atoms. The average molecular weight is 274 g/mol. The van der Waals surface area contributed by atoms with E-state index in [9.17, 15) is 9.59 Å². The fourth-order valence-corrected chi connectivity index (χ4v) is 1.91. The summed E-state index contributed by atoms with van der Waals surface area (Å²) in [6.07, 6.45) is 2.07. The maximum atomic E-state index is 11.8. The molecule has 1 amide bonds. The SMILES string of the molecule is O=C(CS)CCC(=O)Nc1cccc2cccnc12.